The van der Waals surface area contributed by atoms with Crippen LogP contribution in [0.25, 0.3) is 11.6 Å². The molecule has 3 nitrogen and oxygen atoms in total. The smallest absolute Gasteiger partial charge is 0.116 e. The van der Waals surface area contributed by atoms with Gasteiger partial charge in [0.05, 0.1) is 11.6 Å². The maximum Gasteiger partial charge on any atom is 0.116 e. The molecule has 0 aliphatic heterocycles. The Kier molecular flexibility index (Phi) is 3.06. The van der Waals surface area contributed by atoms with Crippen molar-refractivity contribution < 1.29 is 5.11 Å². The Morgan fingerprint density at radius 3 is 3.00 bits per heavy atom. The van der Waals surface area contributed by atoms with Gasteiger partial charge in [0.25, 0.3) is 0 Å². The first kappa shape index (κ1) is 12.2. The number of aromatic nitrogens is 1. The number of hydrogen-bond donors (Lipinski definition) is 1. The van der Waals surface area contributed by atoms with Crippen LogP contribution in [-0.4, -0.2) is 10.1 Å². The Labute approximate surface area is 117 Å². The van der Waals surface area contributed by atoms with Crippen LogP contribution in [0.15, 0.2) is 54.4 Å². The molecule has 0 saturated heterocycles. The van der Waals surface area contributed by atoms with Gasteiger partial charge in [0.2, 0.25) is 0 Å². The summed E-state index contributed by atoms with van der Waals surface area (Å²) in [7, 11) is 0. The van der Waals surface area contributed by atoms with Gasteiger partial charge in [0.15, 0.2) is 0 Å². The van der Waals surface area contributed by atoms with Crippen LogP contribution in [0.4, 0.5) is 0 Å². The van der Waals surface area contributed by atoms with Crippen LogP contribution < -0.4 is 0 Å². The minimum absolute atomic E-state index is 0.218. The highest BCUT2D eigenvalue weighted by Crippen LogP contribution is 2.35. The summed E-state index contributed by atoms with van der Waals surface area (Å²) in [6, 6.07) is 11.3. The first-order valence-electron chi connectivity index (χ1n) is 6.32. The number of nitrogens with zero attached hydrogens (tertiary/aromatic N) is 2. The zero-order valence-corrected chi connectivity index (χ0v) is 10.7. The van der Waals surface area contributed by atoms with Crippen molar-refractivity contribution in [2.24, 2.45) is 0 Å². The van der Waals surface area contributed by atoms with E-state index < -0.39 is 0 Å². The predicted octanol–water partition coefficient (Wildman–Crippen LogP) is 3.33. The molecule has 2 aromatic rings. The highest BCUT2D eigenvalue weighted by Gasteiger charge is 2.17. The molecular formula is C17H12N2O. The number of aromatic hydroxyl groups is 1. The molecule has 0 atom stereocenters. The zero-order chi connectivity index (χ0) is 13.9. The molecule has 1 aromatic carbocycles. The van der Waals surface area contributed by atoms with E-state index in [2.05, 4.69) is 11.1 Å². The lowest BCUT2D eigenvalue weighted by Crippen LogP contribution is -1.88. The number of phenols is 1. The Morgan fingerprint density at radius 1 is 1.35 bits per heavy atom. The number of allylic oxidation sites excluding steroid dienone is 3. The molecule has 0 bridgehead atoms. The van der Waals surface area contributed by atoms with Crippen LogP contribution in [0.5, 0.6) is 5.75 Å². The summed E-state index contributed by atoms with van der Waals surface area (Å²) in [5.41, 5.74) is 4.41. The van der Waals surface area contributed by atoms with E-state index in [0.29, 0.717) is 5.57 Å². The molecule has 96 valence electrons. The second-order valence-electron chi connectivity index (χ2n) is 4.62. The molecule has 3 heteroatoms. The molecule has 3 rings (SSSR count). The summed E-state index contributed by atoms with van der Waals surface area (Å²) in [5.74, 6) is 0.218. The second kappa shape index (κ2) is 5.02. The Morgan fingerprint density at radius 2 is 2.25 bits per heavy atom. The van der Waals surface area contributed by atoms with Gasteiger partial charge in [0.1, 0.15) is 5.75 Å². The number of nitriles is 1. The summed E-state index contributed by atoms with van der Waals surface area (Å²) < 4.78 is 0. The van der Waals surface area contributed by atoms with Crippen molar-refractivity contribution in [3.8, 4) is 11.8 Å². The summed E-state index contributed by atoms with van der Waals surface area (Å²) >= 11 is 0. The summed E-state index contributed by atoms with van der Waals surface area (Å²) in [4.78, 5) is 4.04. The SMILES string of the molecule is N#C/C(=C\c1cccnc1)C1=CCc2ccc(O)cc21. The third-order valence-electron chi connectivity index (χ3n) is 3.32. The molecule has 0 spiro atoms. The first-order valence-corrected chi connectivity index (χ1v) is 6.32. The molecule has 1 aliphatic carbocycles. The third-order valence-corrected chi connectivity index (χ3v) is 3.32. The molecule has 1 N–H and O–H groups in total. The first-order chi connectivity index (χ1) is 9.78. The van der Waals surface area contributed by atoms with Gasteiger partial charge in [-0.25, -0.2) is 0 Å². The minimum atomic E-state index is 0.218. The molecule has 1 aliphatic rings. The standard InChI is InChI=1S/C17H12N2O/c18-10-14(8-12-2-1-7-19-11-12)16-6-4-13-3-5-15(20)9-17(13)16/h1-3,5-9,11,20H,4H2/b14-8+. The average molecular weight is 260 g/mol. The minimum Gasteiger partial charge on any atom is -0.508 e. The number of pyridine rings is 1. The number of fused-ring (bicyclic) bond motifs is 1. The van der Waals surface area contributed by atoms with Gasteiger partial charge in [-0.2, -0.15) is 5.26 Å². The fraction of sp³-hybridized carbons (Fsp3) is 0.0588. The molecule has 0 unspecified atom stereocenters. The van der Waals surface area contributed by atoms with Gasteiger partial charge in [-0.3, -0.25) is 4.98 Å². The van der Waals surface area contributed by atoms with Crippen LogP contribution in [-0.2, 0) is 6.42 Å². The van der Waals surface area contributed by atoms with E-state index in [4.69, 9.17) is 0 Å². The lowest BCUT2D eigenvalue weighted by Gasteiger charge is -2.05. The highest BCUT2D eigenvalue weighted by molar-refractivity contribution is 5.91. The maximum atomic E-state index is 9.62. The van der Waals surface area contributed by atoms with Gasteiger partial charge < -0.3 is 5.11 Å². The van der Waals surface area contributed by atoms with E-state index in [-0.39, 0.29) is 5.75 Å². The van der Waals surface area contributed by atoms with Crippen LogP contribution in [0.2, 0.25) is 0 Å². The molecule has 0 fully saturated rings. The number of hydrogen-bond acceptors (Lipinski definition) is 3. The van der Waals surface area contributed by atoms with Gasteiger partial charge in [0, 0.05) is 12.4 Å². The van der Waals surface area contributed by atoms with Crippen molar-refractivity contribution in [1.29, 1.82) is 5.26 Å². The van der Waals surface area contributed by atoms with Crippen molar-refractivity contribution in [1.82, 2.24) is 4.98 Å². The average Bonchev–Trinajstić information content (AvgIpc) is 2.89. The predicted molar refractivity (Wildman–Crippen MR) is 77.6 cm³/mol. The fourth-order valence-electron chi connectivity index (χ4n) is 2.37. The highest BCUT2D eigenvalue weighted by atomic mass is 16.3. The molecule has 1 aromatic heterocycles. The second-order valence-corrected chi connectivity index (χ2v) is 4.62. The van der Waals surface area contributed by atoms with E-state index in [9.17, 15) is 10.4 Å². The quantitative estimate of drug-likeness (QED) is 0.842. The number of rotatable bonds is 2. The zero-order valence-electron chi connectivity index (χ0n) is 10.7. The van der Waals surface area contributed by atoms with E-state index in [1.807, 2.05) is 30.4 Å². The maximum absolute atomic E-state index is 9.62. The topological polar surface area (TPSA) is 56.9 Å². The number of benzene rings is 1. The van der Waals surface area contributed by atoms with E-state index in [1.54, 1.807) is 24.5 Å². The number of phenolic OH excluding ortho intramolecular Hbond substituents is 1. The van der Waals surface area contributed by atoms with Gasteiger partial charge in [-0.05, 0) is 53.0 Å². The Balaban J connectivity index is 2.04. The van der Waals surface area contributed by atoms with Crippen LogP contribution in [0.3, 0.4) is 0 Å². The summed E-state index contributed by atoms with van der Waals surface area (Å²) in [6.07, 6.45) is 8.05. The molecule has 20 heavy (non-hydrogen) atoms. The van der Waals surface area contributed by atoms with Crippen molar-refractivity contribution in [2.45, 2.75) is 6.42 Å². The largest absolute Gasteiger partial charge is 0.508 e. The molecule has 1 heterocycles. The van der Waals surface area contributed by atoms with E-state index >= 15 is 0 Å². The summed E-state index contributed by atoms with van der Waals surface area (Å²) in [6.45, 7) is 0. The van der Waals surface area contributed by atoms with Crippen LogP contribution in [0.1, 0.15) is 16.7 Å². The van der Waals surface area contributed by atoms with Crippen LogP contribution >= 0.6 is 0 Å². The summed E-state index contributed by atoms with van der Waals surface area (Å²) in [5, 5.41) is 19.0. The third kappa shape index (κ3) is 2.19. The van der Waals surface area contributed by atoms with Crippen LogP contribution in [0, 0.1) is 11.3 Å². The lowest BCUT2D eigenvalue weighted by molar-refractivity contribution is 0.475. The van der Waals surface area contributed by atoms with Gasteiger partial charge in [-0.1, -0.05) is 18.2 Å². The molecular weight excluding hydrogens is 248 g/mol. The Bertz CT molecular complexity index is 752. The normalized spacial score (nSPS) is 13.6. The van der Waals surface area contributed by atoms with E-state index in [1.165, 1.54) is 0 Å². The van der Waals surface area contributed by atoms with Crippen molar-refractivity contribution in [3.63, 3.8) is 0 Å². The Hall–Kier alpha value is -2.86. The van der Waals surface area contributed by atoms with Gasteiger partial charge in [-0.15, -0.1) is 0 Å². The molecule has 0 amide bonds. The molecule has 0 saturated carbocycles. The fourth-order valence-corrected chi connectivity index (χ4v) is 2.37. The van der Waals surface area contributed by atoms with Crippen molar-refractivity contribution in [2.75, 3.05) is 0 Å². The van der Waals surface area contributed by atoms with Crippen molar-refractivity contribution in [3.05, 3.63) is 71.1 Å². The van der Waals surface area contributed by atoms with E-state index in [0.717, 1.165) is 28.7 Å². The lowest BCUT2D eigenvalue weighted by atomic mass is 9.98. The molecule has 0 radical (unpaired) electrons. The van der Waals surface area contributed by atoms with Gasteiger partial charge >= 0.3 is 0 Å². The van der Waals surface area contributed by atoms with Crippen molar-refractivity contribution >= 4 is 11.6 Å². The monoisotopic (exact) mass is 260 g/mol.